The molecule has 1 rings (SSSR count). The van der Waals surface area contributed by atoms with E-state index in [1.54, 1.807) is 0 Å². The number of hydrogen-bond acceptors (Lipinski definition) is 5. The normalized spacial score (nSPS) is 13.0. The summed E-state index contributed by atoms with van der Waals surface area (Å²) in [5.74, 6) is -1.22. The summed E-state index contributed by atoms with van der Waals surface area (Å²) < 4.78 is 9.76. The van der Waals surface area contributed by atoms with Gasteiger partial charge in [0.2, 0.25) is 0 Å². The maximum Gasteiger partial charge on any atom is 0.326 e. The van der Waals surface area contributed by atoms with Gasteiger partial charge in [0.25, 0.3) is 5.91 Å². The van der Waals surface area contributed by atoms with Gasteiger partial charge in [-0.2, -0.15) is 0 Å². The summed E-state index contributed by atoms with van der Waals surface area (Å²) in [6.07, 6.45) is 1.03. The zero-order chi connectivity index (χ0) is 16.0. The number of aliphatic carboxylic acids is 1. The van der Waals surface area contributed by atoms with Crippen molar-refractivity contribution in [1.29, 1.82) is 0 Å². The molecule has 1 aromatic heterocycles. The summed E-state index contributed by atoms with van der Waals surface area (Å²) in [6.45, 7) is 6.25. The summed E-state index contributed by atoms with van der Waals surface area (Å²) in [5.41, 5.74) is 0.0434. The molecule has 0 aromatic carbocycles. The smallest absolute Gasteiger partial charge is 0.326 e. The van der Waals surface area contributed by atoms with Gasteiger partial charge in [0.05, 0.1) is 0 Å². The van der Waals surface area contributed by atoms with E-state index < -0.39 is 17.9 Å². The first kappa shape index (κ1) is 17.2. The lowest BCUT2D eigenvalue weighted by Crippen LogP contribution is -2.41. The molecule has 1 amide bonds. The van der Waals surface area contributed by atoms with Gasteiger partial charge in [-0.25, -0.2) is 4.79 Å². The highest BCUT2D eigenvalue weighted by atomic mass is 16.5. The van der Waals surface area contributed by atoms with E-state index in [-0.39, 0.29) is 17.7 Å². The molecular formula is C14H22N2O5. The molecule has 0 aliphatic heterocycles. The van der Waals surface area contributed by atoms with Crippen molar-refractivity contribution in [1.82, 2.24) is 10.5 Å². The Hall–Kier alpha value is -1.89. The van der Waals surface area contributed by atoms with Crippen molar-refractivity contribution in [3.05, 3.63) is 17.5 Å². The minimum Gasteiger partial charge on any atom is -0.480 e. The Balaban J connectivity index is 2.65. The minimum atomic E-state index is -1.06. The second-order valence-electron chi connectivity index (χ2n) is 6.08. The Morgan fingerprint density at radius 2 is 2.14 bits per heavy atom. The second-order valence-corrected chi connectivity index (χ2v) is 6.08. The Labute approximate surface area is 123 Å². The molecule has 1 heterocycles. The zero-order valence-corrected chi connectivity index (χ0v) is 12.8. The van der Waals surface area contributed by atoms with Crippen LogP contribution in [0.5, 0.6) is 0 Å². The third-order valence-corrected chi connectivity index (χ3v) is 2.86. The maximum atomic E-state index is 12.0. The fraction of sp³-hybridized carbons (Fsp3) is 0.643. The Morgan fingerprint density at radius 1 is 1.48 bits per heavy atom. The quantitative estimate of drug-likeness (QED) is 0.796. The zero-order valence-electron chi connectivity index (χ0n) is 12.8. The van der Waals surface area contributed by atoms with Crippen LogP contribution in [0.15, 0.2) is 10.6 Å². The van der Waals surface area contributed by atoms with E-state index in [2.05, 4.69) is 10.5 Å². The second kappa shape index (κ2) is 7.21. The number of rotatable bonds is 7. The number of nitrogens with one attached hydrogen (secondary N) is 1. The van der Waals surface area contributed by atoms with Crippen LogP contribution >= 0.6 is 0 Å². The first-order valence-corrected chi connectivity index (χ1v) is 6.71. The lowest BCUT2D eigenvalue weighted by Gasteiger charge is -2.21. The van der Waals surface area contributed by atoms with Gasteiger partial charge in [-0.3, -0.25) is 4.79 Å². The molecule has 7 nitrogen and oxygen atoms in total. The number of carbonyl (C=O) groups is 2. The Bertz CT molecular complexity index is 490. The lowest BCUT2D eigenvalue weighted by atomic mass is 9.88. The van der Waals surface area contributed by atoms with Gasteiger partial charge in [0.1, 0.15) is 12.6 Å². The van der Waals surface area contributed by atoms with Gasteiger partial charge in [-0.15, -0.1) is 0 Å². The average Bonchev–Trinajstić information content (AvgIpc) is 2.81. The van der Waals surface area contributed by atoms with Crippen LogP contribution in [-0.4, -0.2) is 35.3 Å². The van der Waals surface area contributed by atoms with Crippen molar-refractivity contribution in [3.8, 4) is 0 Å². The van der Waals surface area contributed by atoms with E-state index in [1.807, 2.05) is 20.8 Å². The summed E-state index contributed by atoms with van der Waals surface area (Å²) in [5, 5.41) is 15.2. The molecule has 0 spiro atoms. The Morgan fingerprint density at radius 3 is 2.67 bits per heavy atom. The average molecular weight is 298 g/mol. The number of ether oxygens (including phenoxy) is 1. The highest BCUT2D eigenvalue weighted by Gasteiger charge is 2.24. The molecule has 21 heavy (non-hydrogen) atoms. The molecule has 2 N–H and O–H groups in total. The van der Waals surface area contributed by atoms with Crippen molar-refractivity contribution < 1.29 is 24.0 Å². The molecule has 0 fully saturated rings. The van der Waals surface area contributed by atoms with Crippen molar-refractivity contribution in [3.63, 3.8) is 0 Å². The van der Waals surface area contributed by atoms with Crippen LogP contribution in [0.25, 0.3) is 0 Å². The standard InChI is InChI=1S/C14H22N2O5/c1-14(2,3)6-5-10(13(18)19)15-12(17)11-7-9(8-20-4)21-16-11/h7,10H,5-6,8H2,1-4H3,(H,15,17)(H,18,19). The van der Waals surface area contributed by atoms with Gasteiger partial charge >= 0.3 is 5.97 Å². The van der Waals surface area contributed by atoms with Gasteiger partial charge in [-0.1, -0.05) is 25.9 Å². The molecule has 0 bridgehead atoms. The molecule has 0 aliphatic carbocycles. The van der Waals surface area contributed by atoms with Crippen LogP contribution in [0.2, 0.25) is 0 Å². The maximum absolute atomic E-state index is 12.0. The highest BCUT2D eigenvalue weighted by Crippen LogP contribution is 2.21. The predicted molar refractivity (Wildman–Crippen MR) is 74.8 cm³/mol. The molecule has 1 unspecified atom stereocenters. The predicted octanol–water partition coefficient (Wildman–Crippen LogP) is 1.83. The van der Waals surface area contributed by atoms with E-state index in [1.165, 1.54) is 13.2 Å². The summed E-state index contributed by atoms with van der Waals surface area (Å²) >= 11 is 0. The molecule has 0 saturated carbocycles. The number of carboxylic acids is 1. The third-order valence-electron chi connectivity index (χ3n) is 2.86. The topological polar surface area (TPSA) is 102 Å². The van der Waals surface area contributed by atoms with Crippen molar-refractivity contribution in [2.45, 2.75) is 46.3 Å². The van der Waals surface area contributed by atoms with E-state index >= 15 is 0 Å². The van der Waals surface area contributed by atoms with E-state index in [0.717, 1.165) is 0 Å². The van der Waals surface area contributed by atoms with Gasteiger partial charge in [0.15, 0.2) is 11.5 Å². The molecule has 0 saturated heterocycles. The van der Waals surface area contributed by atoms with Gasteiger partial charge < -0.3 is 19.7 Å². The number of methoxy groups -OCH3 is 1. The molecular weight excluding hydrogens is 276 g/mol. The highest BCUT2D eigenvalue weighted by molar-refractivity contribution is 5.94. The fourth-order valence-corrected chi connectivity index (χ4v) is 1.70. The number of amides is 1. The molecule has 118 valence electrons. The van der Waals surface area contributed by atoms with Gasteiger partial charge in [0, 0.05) is 13.2 Å². The van der Waals surface area contributed by atoms with Gasteiger partial charge in [-0.05, 0) is 18.3 Å². The first-order chi connectivity index (χ1) is 9.73. The van der Waals surface area contributed by atoms with E-state index in [9.17, 15) is 14.7 Å². The summed E-state index contributed by atoms with van der Waals surface area (Å²) in [6, 6.07) is 0.487. The molecule has 1 aromatic rings. The van der Waals surface area contributed by atoms with Crippen LogP contribution in [0.4, 0.5) is 0 Å². The van der Waals surface area contributed by atoms with Crippen LogP contribution in [0, 0.1) is 5.41 Å². The van der Waals surface area contributed by atoms with Crippen molar-refractivity contribution in [2.75, 3.05) is 7.11 Å². The molecule has 0 radical (unpaired) electrons. The first-order valence-electron chi connectivity index (χ1n) is 6.71. The van der Waals surface area contributed by atoms with Crippen LogP contribution < -0.4 is 5.32 Å². The number of aromatic nitrogens is 1. The molecule has 1 atom stereocenters. The number of carbonyl (C=O) groups excluding carboxylic acids is 1. The number of nitrogens with zero attached hydrogens (tertiary/aromatic N) is 1. The Kier molecular flexibility index (Phi) is 5.90. The van der Waals surface area contributed by atoms with E-state index in [4.69, 9.17) is 9.26 Å². The fourth-order valence-electron chi connectivity index (χ4n) is 1.70. The van der Waals surface area contributed by atoms with Crippen molar-refractivity contribution in [2.24, 2.45) is 5.41 Å². The monoisotopic (exact) mass is 298 g/mol. The molecule has 0 aliphatic rings. The van der Waals surface area contributed by atoms with E-state index in [0.29, 0.717) is 18.6 Å². The lowest BCUT2D eigenvalue weighted by molar-refractivity contribution is -0.139. The minimum absolute atomic E-state index is 0.00203. The van der Waals surface area contributed by atoms with Crippen molar-refractivity contribution >= 4 is 11.9 Å². The number of hydrogen-bond donors (Lipinski definition) is 2. The third kappa shape index (κ3) is 5.95. The SMILES string of the molecule is COCc1cc(C(=O)NC(CCC(C)(C)C)C(=O)O)no1. The summed E-state index contributed by atoms with van der Waals surface area (Å²) in [7, 11) is 1.50. The number of carboxylic acid groups (broad SMARTS) is 1. The van der Waals surface area contributed by atoms with Crippen LogP contribution in [0.1, 0.15) is 49.9 Å². The van der Waals surface area contributed by atoms with Crippen LogP contribution in [0.3, 0.4) is 0 Å². The van der Waals surface area contributed by atoms with Crippen LogP contribution in [-0.2, 0) is 16.1 Å². The summed E-state index contributed by atoms with van der Waals surface area (Å²) in [4.78, 5) is 23.2. The molecule has 7 heteroatoms. The largest absolute Gasteiger partial charge is 0.480 e.